The first-order valence-corrected chi connectivity index (χ1v) is 5.96. The van der Waals surface area contributed by atoms with Crippen molar-refractivity contribution in [2.45, 2.75) is 18.8 Å². The Labute approximate surface area is 89.1 Å². The summed E-state index contributed by atoms with van der Waals surface area (Å²) in [7, 11) is 0. The Hall–Kier alpha value is -0.410. The minimum atomic E-state index is 0.743. The van der Waals surface area contributed by atoms with E-state index in [0.717, 1.165) is 5.92 Å². The molecule has 0 spiro atoms. The lowest BCUT2D eigenvalue weighted by Gasteiger charge is -1.95. The summed E-state index contributed by atoms with van der Waals surface area (Å²) in [5.74, 6) is 0.743. The summed E-state index contributed by atoms with van der Waals surface area (Å²) < 4.78 is 7.03. The van der Waals surface area contributed by atoms with Gasteiger partial charge in [-0.3, -0.25) is 0 Å². The van der Waals surface area contributed by atoms with E-state index in [4.69, 9.17) is 0 Å². The fraction of sp³-hybridized carbons (Fsp3) is 0.300. The number of rotatable bonds is 1. The van der Waals surface area contributed by atoms with Crippen LogP contribution in [0.25, 0.3) is 10.1 Å². The Morgan fingerprint density at radius 2 is 2.23 bits per heavy atom. The van der Waals surface area contributed by atoms with Gasteiger partial charge in [0.25, 0.3) is 0 Å². The second-order valence-electron chi connectivity index (χ2n) is 3.46. The molecule has 3 heteroatoms. The zero-order chi connectivity index (χ0) is 8.84. The summed E-state index contributed by atoms with van der Waals surface area (Å²) in [6.07, 6.45) is 2.64. The van der Waals surface area contributed by atoms with Crippen molar-refractivity contribution in [2.24, 2.45) is 0 Å². The third kappa shape index (κ3) is 1.22. The summed E-state index contributed by atoms with van der Waals surface area (Å²) in [6, 6.07) is 6.31. The van der Waals surface area contributed by atoms with Crippen LogP contribution in [-0.4, -0.2) is 4.37 Å². The molecule has 3 rings (SSSR count). The number of aromatic nitrogens is 1. The molecule has 1 aromatic heterocycles. The SMILES string of the molecule is Brc1cccc2snc(C3CC3)c12. The maximum atomic E-state index is 4.53. The molecule has 0 bridgehead atoms. The monoisotopic (exact) mass is 253 g/mol. The first-order valence-electron chi connectivity index (χ1n) is 4.40. The van der Waals surface area contributed by atoms with Crippen LogP contribution in [0.2, 0.25) is 0 Å². The van der Waals surface area contributed by atoms with E-state index in [0.29, 0.717) is 0 Å². The highest BCUT2D eigenvalue weighted by Gasteiger charge is 2.28. The summed E-state index contributed by atoms with van der Waals surface area (Å²) in [6.45, 7) is 0. The molecule has 0 radical (unpaired) electrons. The maximum Gasteiger partial charge on any atom is 0.0663 e. The van der Waals surface area contributed by atoms with Crippen LogP contribution in [0.3, 0.4) is 0 Å². The van der Waals surface area contributed by atoms with Crippen molar-refractivity contribution in [1.82, 2.24) is 4.37 Å². The van der Waals surface area contributed by atoms with Gasteiger partial charge in [-0.25, -0.2) is 0 Å². The Morgan fingerprint density at radius 1 is 1.38 bits per heavy atom. The van der Waals surface area contributed by atoms with E-state index in [9.17, 15) is 0 Å². The fourth-order valence-corrected chi connectivity index (χ4v) is 3.19. The first-order chi connectivity index (χ1) is 6.36. The molecular weight excluding hydrogens is 246 g/mol. The fourth-order valence-electron chi connectivity index (χ4n) is 1.61. The van der Waals surface area contributed by atoms with Gasteiger partial charge in [0.15, 0.2) is 0 Å². The van der Waals surface area contributed by atoms with Crippen molar-refractivity contribution in [3.8, 4) is 0 Å². The van der Waals surface area contributed by atoms with E-state index in [1.807, 2.05) is 0 Å². The van der Waals surface area contributed by atoms with Gasteiger partial charge in [0.1, 0.15) is 0 Å². The highest BCUT2D eigenvalue weighted by atomic mass is 79.9. The highest BCUT2D eigenvalue weighted by Crippen LogP contribution is 2.45. The van der Waals surface area contributed by atoms with Gasteiger partial charge >= 0.3 is 0 Å². The largest absolute Gasteiger partial charge is 0.196 e. The van der Waals surface area contributed by atoms with Crippen LogP contribution in [0.4, 0.5) is 0 Å². The van der Waals surface area contributed by atoms with Crippen LogP contribution in [0.1, 0.15) is 24.5 Å². The van der Waals surface area contributed by atoms with E-state index in [2.05, 4.69) is 38.5 Å². The van der Waals surface area contributed by atoms with E-state index in [1.54, 1.807) is 11.5 Å². The molecule has 1 heterocycles. The molecule has 1 nitrogen and oxygen atoms in total. The zero-order valence-corrected chi connectivity index (χ0v) is 9.36. The smallest absolute Gasteiger partial charge is 0.0663 e. The van der Waals surface area contributed by atoms with Crippen molar-refractivity contribution in [3.63, 3.8) is 0 Å². The van der Waals surface area contributed by atoms with Gasteiger partial charge < -0.3 is 0 Å². The van der Waals surface area contributed by atoms with Crippen molar-refractivity contribution in [2.75, 3.05) is 0 Å². The van der Waals surface area contributed by atoms with Crippen molar-refractivity contribution >= 4 is 37.5 Å². The molecule has 0 N–H and O–H groups in total. The number of fused-ring (bicyclic) bond motifs is 1. The summed E-state index contributed by atoms with van der Waals surface area (Å²) in [4.78, 5) is 0. The van der Waals surface area contributed by atoms with Crippen LogP contribution in [0.15, 0.2) is 22.7 Å². The molecule has 0 amide bonds. The van der Waals surface area contributed by atoms with E-state index >= 15 is 0 Å². The van der Waals surface area contributed by atoms with E-state index in [-0.39, 0.29) is 0 Å². The lowest BCUT2D eigenvalue weighted by molar-refractivity contribution is 1.09. The second-order valence-corrected chi connectivity index (χ2v) is 5.11. The minimum absolute atomic E-state index is 0.743. The molecule has 2 aromatic rings. The molecule has 13 heavy (non-hydrogen) atoms. The van der Waals surface area contributed by atoms with Crippen LogP contribution in [-0.2, 0) is 0 Å². The van der Waals surface area contributed by atoms with Crippen molar-refractivity contribution in [1.29, 1.82) is 0 Å². The molecule has 1 saturated carbocycles. The third-order valence-electron chi connectivity index (χ3n) is 2.44. The molecule has 0 unspecified atom stereocenters. The first kappa shape index (κ1) is 7.94. The number of nitrogens with zero attached hydrogens (tertiary/aromatic N) is 1. The molecule has 0 atom stereocenters. The number of hydrogen-bond donors (Lipinski definition) is 0. The second kappa shape index (κ2) is 2.79. The molecule has 0 saturated heterocycles. The van der Waals surface area contributed by atoms with Crippen molar-refractivity contribution in [3.05, 3.63) is 28.4 Å². The lowest BCUT2D eigenvalue weighted by Crippen LogP contribution is -1.79. The molecule has 1 aromatic carbocycles. The van der Waals surface area contributed by atoms with Gasteiger partial charge in [0.05, 0.1) is 10.4 Å². The van der Waals surface area contributed by atoms with Crippen LogP contribution >= 0.6 is 27.5 Å². The minimum Gasteiger partial charge on any atom is -0.196 e. The Morgan fingerprint density at radius 3 is 3.00 bits per heavy atom. The molecule has 66 valence electrons. The van der Waals surface area contributed by atoms with Gasteiger partial charge in [0, 0.05) is 15.8 Å². The number of hydrogen-bond acceptors (Lipinski definition) is 2. The average molecular weight is 254 g/mol. The Balaban J connectivity index is 2.34. The normalized spacial score (nSPS) is 16.7. The number of benzene rings is 1. The predicted octanol–water partition coefficient (Wildman–Crippen LogP) is 3.94. The van der Waals surface area contributed by atoms with Crippen molar-refractivity contribution < 1.29 is 0 Å². The van der Waals surface area contributed by atoms with Gasteiger partial charge in [-0.2, -0.15) is 4.37 Å². The topological polar surface area (TPSA) is 12.9 Å². The molecule has 1 aliphatic carbocycles. The molecule has 1 aliphatic rings. The predicted molar refractivity (Wildman–Crippen MR) is 59.3 cm³/mol. The van der Waals surface area contributed by atoms with Gasteiger partial charge in [-0.05, 0) is 36.5 Å². The van der Waals surface area contributed by atoms with Crippen LogP contribution < -0.4 is 0 Å². The molecule has 1 fully saturated rings. The number of halogens is 1. The quantitative estimate of drug-likeness (QED) is 0.751. The van der Waals surface area contributed by atoms with Gasteiger partial charge in [-0.1, -0.05) is 22.0 Å². The van der Waals surface area contributed by atoms with E-state index in [1.165, 1.54) is 33.1 Å². The Kier molecular flexibility index (Phi) is 1.70. The Bertz CT molecular complexity index is 459. The van der Waals surface area contributed by atoms with Gasteiger partial charge in [-0.15, -0.1) is 0 Å². The van der Waals surface area contributed by atoms with Crippen LogP contribution in [0, 0.1) is 0 Å². The third-order valence-corrected chi connectivity index (χ3v) is 3.92. The summed E-state index contributed by atoms with van der Waals surface area (Å²) in [5.41, 5.74) is 1.31. The standard InChI is InChI=1S/C10H8BrNS/c11-7-2-1-3-8-9(7)10(12-13-8)6-4-5-6/h1-3,6H,4-5H2. The highest BCUT2D eigenvalue weighted by molar-refractivity contribution is 9.10. The zero-order valence-electron chi connectivity index (χ0n) is 6.96. The van der Waals surface area contributed by atoms with Crippen LogP contribution in [0.5, 0.6) is 0 Å². The lowest BCUT2D eigenvalue weighted by atomic mass is 10.2. The average Bonchev–Trinajstić information content (AvgIpc) is 2.87. The summed E-state index contributed by atoms with van der Waals surface area (Å²) in [5, 5.41) is 1.34. The molecular formula is C10H8BrNS. The van der Waals surface area contributed by atoms with Gasteiger partial charge in [0.2, 0.25) is 0 Å². The summed E-state index contributed by atoms with van der Waals surface area (Å²) >= 11 is 5.21. The maximum absolute atomic E-state index is 4.53. The molecule has 0 aliphatic heterocycles. The van der Waals surface area contributed by atoms with E-state index < -0.39 is 0 Å².